The molecule has 1 nitrogen and oxygen atoms in total. The Morgan fingerprint density at radius 3 is 2.89 bits per heavy atom. The first kappa shape index (κ1) is 13.9. The molecule has 0 aromatic heterocycles. The second-order valence-corrected chi connectivity index (χ2v) is 6.46. The molecule has 0 amide bonds. The van der Waals surface area contributed by atoms with Gasteiger partial charge in [-0.2, -0.15) is 11.8 Å². The molecule has 100 valence electrons. The molecule has 0 bridgehead atoms. The van der Waals surface area contributed by atoms with Crippen molar-refractivity contribution in [2.24, 2.45) is 0 Å². The van der Waals surface area contributed by atoms with E-state index in [-0.39, 0.29) is 11.9 Å². The molecule has 0 radical (unpaired) electrons. The Balaban J connectivity index is 1.98. The summed E-state index contributed by atoms with van der Waals surface area (Å²) in [4.78, 5) is 0. The predicted molar refractivity (Wildman–Crippen MR) is 77.5 cm³/mol. The summed E-state index contributed by atoms with van der Waals surface area (Å²) in [6.07, 6.45) is 3.80. The smallest absolute Gasteiger partial charge is 0.127 e. The van der Waals surface area contributed by atoms with Crippen LogP contribution in [0.4, 0.5) is 4.39 Å². The Hall–Kier alpha value is -0.540. The molecule has 3 unspecified atom stereocenters. The molecular formula is C15H22FNS. The minimum atomic E-state index is -0.102. The number of hydrogen-bond donors (Lipinski definition) is 1. The molecule has 0 aliphatic heterocycles. The monoisotopic (exact) mass is 267 g/mol. The second kappa shape index (κ2) is 6.58. The Labute approximate surface area is 114 Å². The number of nitrogens with one attached hydrogen (secondary N) is 1. The van der Waals surface area contributed by atoms with Crippen molar-refractivity contribution >= 4 is 11.8 Å². The van der Waals surface area contributed by atoms with Crippen LogP contribution in [0.2, 0.25) is 0 Å². The summed E-state index contributed by atoms with van der Waals surface area (Å²) in [5.41, 5.74) is 0.782. The number of benzene rings is 1. The van der Waals surface area contributed by atoms with Crippen LogP contribution < -0.4 is 5.32 Å². The minimum absolute atomic E-state index is 0.0919. The third-order valence-electron chi connectivity index (χ3n) is 3.67. The van der Waals surface area contributed by atoms with Crippen molar-refractivity contribution in [3.8, 4) is 0 Å². The zero-order valence-corrected chi connectivity index (χ0v) is 12.0. The highest BCUT2D eigenvalue weighted by Gasteiger charge is 2.28. The second-order valence-electron chi connectivity index (χ2n) is 4.94. The van der Waals surface area contributed by atoms with E-state index in [1.54, 1.807) is 12.1 Å². The Morgan fingerprint density at radius 2 is 2.17 bits per heavy atom. The fraction of sp³-hybridized carbons (Fsp3) is 0.600. The zero-order valence-electron chi connectivity index (χ0n) is 11.2. The first-order chi connectivity index (χ1) is 8.72. The van der Waals surface area contributed by atoms with E-state index in [0.29, 0.717) is 11.3 Å². The highest BCUT2D eigenvalue weighted by molar-refractivity contribution is 7.99. The van der Waals surface area contributed by atoms with E-state index in [2.05, 4.69) is 19.2 Å². The summed E-state index contributed by atoms with van der Waals surface area (Å²) in [7, 11) is 0. The van der Waals surface area contributed by atoms with Gasteiger partial charge in [0.2, 0.25) is 0 Å². The summed E-state index contributed by atoms with van der Waals surface area (Å²) in [6, 6.07) is 7.70. The van der Waals surface area contributed by atoms with Gasteiger partial charge >= 0.3 is 0 Å². The molecule has 0 saturated heterocycles. The van der Waals surface area contributed by atoms with Crippen LogP contribution >= 0.6 is 11.8 Å². The molecule has 1 N–H and O–H groups in total. The molecule has 2 rings (SSSR count). The molecular weight excluding hydrogens is 245 g/mol. The van der Waals surface area contributed by atoms with Gasteiger partial charge in [0.25, 0.3) is 0 Å². The number of thioether (sulfide) groups is 1. The van der Waals surface area contributed by atoms with Crippen LogP contribution in [-0.2, 0) is 0 Å². The molecule has 1 fully saturated rings. The quantitative estimate of drug-likeness (QED) is 0.860. The van der Waals surface area contributed by atoms with Crippen molar-refractivity contribution in [3.63, 3.8) is 0 Å². The normalized spacial score (nSPS) is 25.3. The van der Waals surface area contributed by atoms with Crippen LogP contribution in [-0.4, -0.2) is 17.0 Å². The number of halogens is 1. The van der Waals surface area contributed by atoms with Gasteiger partial charge in [-0.1, -0.05) is 31.5 Å². The van der Waals surface area contributed by atoms with Gasteiger partial charge in [-0.15, -0.1) is 0 Å². The van der Waals surface area contributed by atoms with E-state index in [1.165, 1.54) is 19.3 Å². The molecule has 3 atom stereocenters. The molecule has 1 aromatic carbocycles. The van der Waals surface area contributed by atoms with Gasteiger partial charge in [0, 0.05) is 22.9 Å². The average Bonchev–Trinajstić information content (AvgIpc) is 2.78. The average molecular weight is 267 g/mol. The summed E-state index contributed by atoms with van der Waals surface area (Å²) >= 11 is 2.03. The fourth-order valence-electron chi connectivity index (χ4n) is 2.77. The van der Waals surface area contributed by atoms with Crippen LogP contribution in [0.25, 0.3) is 0 Å². The van der Waals surface area contributed by atoms with Crippen LogP contribution in [0, 0.1) is 5.82 Å². The lowest BCUT2D eigenvalue weighted by Gasteiger charge is -2.25. The first-order valence-corrected chi connectivity index (χ1v) is 7.89. The van der Waals surface area contributed by atoms with E-state index in [0.717, 1.165) is 11.3 Å². The van der Waals surface area contributed by atoms with E-state index >= 15 is 0 Å². The van der Waals surface area contributed by atoms with Gasteiger partial charge < -0.3 is 5.32 Å². The maximum atomic E-state index is 13.7. The lowest BCUT2D eigenvalue weighted by molar-refractivity contribution is 0.452. The largest absolute Gasteiger partial charge is 0.306 e. The van der Waals surface area contributed by atoms with Crippen LogP contribution in [0.1, 0.15) is 44.7 Å². The summed E-state index contributed by atoms with van der Waals surface area (Å²) in [6.45, 7) is 4.27. The lowest BCUT2D eigenvalue weighted by Crippen LogP contribution is -2.36. The highest BCUT2D eigenvalue weighted by atomic mass is 32.2. The predicted octanol–water partition coefficient (Wildman–Crippen LogP) is 4.15. The molecule has 0 spiro atoms. The maximum Gasteiger partial charge on any atom is 0.127 e. The van der Waals surface area contributed by atoms with Crippen molar-refractivity contribution in [2.75, 3.05) is 5.75 Å². The van der Waals surface area contributed by atoms with Gasteiger partial charge in [0.15, 0.2) is 0 Å². The molecule has 1 aromatic rings. The topological polar surface area (TPSA) is 12.0 Å². The van der Waals surface area contributed by atoms with E-state index in [9.17, 15) is 4.39 Å². The van der Waals surface area contributed by atoms with Crippen molar-refractivity contribution in [1.29, 1.82) is 0 Å². The van der Waals surface area contributed by atoms with Crippen LogP contribution in [0.5, 0.6) is 0 Å². The highest BCUT2D eigenvalue weighted by Crippen LogP contribution is 2.31. The third kappa shape index (κ3) is 3.27. The summed E-state index contributed by atoms with van der Waals surface area (Å²) in [5.74, 6) is 1.06. The zero-order chi connectivity index (χ0) is 13.0. The van der Waals surface area contributed by atoms with E-state index in [4.69, 9.17) is 0 Å². The van der Waals surface area contributed by atoms with Gasteiger partial charge in [0.05, 0.1) is 0 Å². The standard InChI is InChI=1S/C15H22FNS/c1-3-18-15-10-6-9-14(15)17-11(2)12-7-4-5-8-13(12)16/h4-5,7-8,11,14-15,17H,3,6,9-10H2,1-2H3. The van der Waals surface area contributed by atoms with Gasteiger partial charge in [-0.05, 0) is 31.6 Å². The van der Waals surface area contributed by atoms with Gasteiger partial charge in [-0.3, -0.25) is 0 Å². The fourth-order valence-corrected chi connectivity index (χ4v) is 3.98. The number of hydrogen-bond acceptors (Lipinski definition) is 2. The minimum Gasteiger partial charge on any atom is -0.306 e. The summed E-state index contributed by atoms with van der Waals surface area (Å²) in [5, 5.41) is 4.31. The lowest BCUT2D eigenvalue weighted by atomic mass is 10.1. The molecule has 0 heterocycles. The number of rotatable bonds is 5. The van der Waals surface area contributed by atoms with Crippen molar-refractivity contribution in [2.45, 2.75) is 50.4 Å². The third-order valence-corrected chi connectivity index (χ3v) is 4.99. The SMILES string of the molecule is CCSC1CCCC1NC(C)c1ccccc1F. The summed E-state index contributed by atoms with van der Waals surface area (Å²) < 4.78 is 13.7. The van der Waals surface area contributed by atoms with Crippen molar-refractivity contribution in [3.05, 3.63) is 35.6 Å². The first-order valence-electron chi connectivity index (χ1n) is 6.84. The van der Waals surface area contributed by atoms with E-state index in [1.807, 2.05) is 23.9 Å². The molecule has 1 aliphatic carbocycles. The molecule has 3 heteroatoms. The Kier molecular flexibility index (Phi) is 5.07. The van der Waals surface area contributed by atoms with Gasteiger partial charge in [0.1, 0.15) is 5.82 Å². The van der Waals surface area contributed by atoms with Crippen molar-refractivity contribution in [1.82, 2.24) is 5.32 Å². The van der Waals surface area contributed by atoms with Crippen molar-refractivity contribution < 1.29 is 4.39 Å². The maximum absolute atomic E-state index is 13.7. The molecule has 1 aliphatic rings. The Bertz CT molecular complexity index is 383. The van der Waals surface area contributed by atoms with Gasteiger partial charge in [-0.25, -0.2) is 4.39 Å². The molecule has 1 saturated carbocycles. The van der Waals surface area contributed by atoms with E-state index < -0.39 is 0 Å². The van der Waals surface area contributed by atoms with Crippen LogP contribution in [0.3, 0.4) is 0 Å². The molecule has 18 heavy (non-hydrogen) atoms. The Morgan fingerprint density at radius 1 is 1.39 bits per heavy atom. The van der Waals surface area contributed by atoms with Crippen LogP contribution in [0.15, 0.2) is 24.3 Å².